The maximum absolute atomic E-state index is 14.2. The van der Waals surface area contributed by atoms with Gasteiger partial charge in [0.25, 0.3) is 5.69 Å². The van der Waals surface area contributed by atoms with Crippen LogP contribution < -0.4 is 9.80 Å². The van der Waals surface area contributed by atoms with E-state index in [4.69, 9.17) is 0 Å². The molecule has 7 rings (SSSR count). The topological polar surface area (TPSA) is 101 Å². The number of nitro benzene ring substituents is 1. The van der Waals surface area contributed by atoms with Crippen LogP contribution in [0.5, 0.6) is 0 Å². The van der Waals surface area contributed by atoms with Gasteiger partial charge in [0.1, 0.15) is 6.04 Å². The lowest BCUT2D eigenvalue weighted by Gasteiger charge is -2.37. The number of nitro groups is 1. The van der Waals surface area contributed by atoms with E-state index in [1.54, 1.807) is 31.2 Å². The molecule has 3 aliphatic rings. The minimum Gasteiger partial charge on any atom is -0.352 e. The number of imide groups is 1. The summed E-state index contributed by atoms with van der Waals surface area (Å²) in [6.07, 6.45) is 3.89. The van der Waals surface area contributed by atoms with Crippen molar-refractivity contribution < 1.29 is 19.3 Å². The van der Waals surface area contributed by atoms with Crippen molar-refractivity contribution in [3.8, 4) is 0 Å². The van der Waals surface area contributed by atoms with Crippen molar-refractivity contribution in [2.24, 2.45) is 11.8 Å². The van der Waals surface area contributed by atoms with Gasteiger partial charge in [-0.1, -0.05) is 78.9 Å². The van der Waals surface area contributed by atoms with E-state index >= 15 is 0 Å². The smallest absolute Gasteiger partial charge is 0.271 e. The normalized spacial score (nSPS) is 22.8. The van der Waals surface area contributed by atoms with Crippen LogP contribution >= 0.6 is 0 Å². The van der Waals surface area contributed by atoms with Crippen LogP contribution in [0.25, 0.3) is 16.8 Å². The van der Waals surface area contributed by atoms with E-state index in [2.05, 4.69) is 0 Å². The number of carbonyl (C=O) groups is 3. The monoisotopic (exact) mass is 529 g/mol. The number of Topliss-reactive ketones (excluding diaryl/α,β-unsaturated/α-hetero) is 1. The van der Waals surface area contributed by atoms with Crippen molar-refractivity contribution in [2.75, 3.05) is 9.80 Å². The van der Waals surface area contributed by atoms with E-state index in [0.717, 1.165) is 26.9 Å². The van der Waals surface area contributed by atoms with E-state index in [9.17, 15) is 24.5 Å². The molecule has 3 aliphatic heterocycles. The van der Waals surface area contributed by atoms with Gasteiger partial charge in [0.2, 0.25) is 11.8 Å². The molecule has 40 heavy (non-hydrogen) atoms. The summed E-state index contributed by atoms with van der Waals surface area (Å²) in [6, 6.07) is 23.4. The maximum Gasteiger partial charge on any atom is 0.271 e. The highest BCUT2D eigenvalue weighted by molar-refractivity contribution is 6.26. The van der Waals surface area contributed by atoms with Gasteiger partial charge in [0, 0.05) is 28.9 Å². The molecule has 8 heteroatoms. The van der Waals surface area contributed by atoms with Gasteiger partial charge in [0.05, 0.1) is 28.5 Å². The van der Waals surface area contributed by atoms with Gasteiger partial charge in [-0.3, -0.25) is 24.5 Å². The summed E-state index contributed by atoms with van der Waals surface area (Å²) < 4.78 is 0. The number of nitrogens with zero attached hydrogens (tertiary/aromatic N) is 3. The second kappa shape index (κ2) is 8.71. The number of anilines is 2. The van der Waals surface area contributed by atoms with Gasteiger partial charge in [-0.15, -0.1) is 0 Å². The Labute approximate surface area is 229 Å². The van der Waals surface area contributed by atoms with Crippen molar-refractivity contribution in [3.63, 3.8) is 0 Å². The summed E-state index contributed by atoms with van der Waals surface area (Å²) in [6.45, 7) is 1.70. The Kier molecular flexibility index (Phi) is 5.22. The third-order valence-corrected chi connectivity index (χ3v) is 8.38. The van der Waals surface area contributed by atoms with Crippen molar-refractivity contribution in [1.82, 2.24) is 0 Å². The highest BCUT2D eigenvalue weighted by Crippen LogP contribution is 2.51. The molecule has 196 valence electrons. The van der Waals surface area contributed by atoms with Crippen LogP contribution in [-0.4, -0.2) is 34.6 Å². The molecule has 2 amide bonds. The van der Waals surface area contributed by atoms with Crippen LogP contribution in [-0.2, 0) is 9.59 Å². The first-order valence-corrected chi connectivity index (χ1v) is 13.1. The number of fused-ring (bicyclic) bond motifs is 7. The lowest BCUT2D eigenvalue weighted by Crippen LogP contribution is -2.49. The van der Waals surface area contributed by atoms with Crippen molar-refractivity contribution in [1.29, 1.82) is 0 Å². The van der Waals surface area contributed by atoms with Crippen molar-refractivity contribution in [3.05, 3.63) is 118 Å². The van der Waals surface area contributed by atoms with Crippen molar-refractivity contribution in [2.45, 2.75) is 19.0 Å². The molecule has 8 nitrogen and oxygen atoms in total. The lowest BCUT2D eigenvalue weighted by molar-refractivity contribution is -0.384. The SMILES string of the molecule is Cc1ccc([N+](=O)[O-])cc1N1C(=O)[C@@H]2[C@H](C1=O)[C@H]1C=Cc3c(ccc4ccccc34)N1[C@@H]2C(=O)c1ccccc1. The number of aryl methyl sites for hydroxylation is 1. The van der Waals surface area contributed by atoms with Crippen LogP contribution in [0.4, 0.5) is 17.1 Å². The minimum atomic E-state index is -0.953. The van der Waals surface area contributed by atoms with Crippen LogP contribution in [0.1, 0.15) is 21.5 Å². The first kappa shape index (κ1) is 24.0. The molecule has 4 atom stereocenters. The molecule has 0 aromatic heterocycles. The van der Waals surface area contributed by atoms with Gasteiger partial charge in [-0.05, 0) is 29.3 Å². The molecular formula is C32H23N3O5. The van der Waals surface area contributed by atoms with Crippen LogP contribution in [0.15, 0.2) is 91.0 Å². The fourth-order valence-corrected chi connectivity index (χ4v) is 6.59. The molecule has 0 saturated carbocycles. The Balaban J connectivity index is 1.40. The number of ketones is 1. The first-order chi connectivity index (χ1) is 19.4. The average molecular weight is 530 g/mol. The third kappa shape index (κ3) is 3.29. The van der Waals surface area contributed by atoms with Gasteiger partial charge < -0.3 is 4.90 Å². The summed E-state index contributed by atoms with van der Waals surface area (Å²) in [7, 11) is 0. The lowest BCUT2D eigenvalue weighted by atomic mass is 9.86. The van der Waals surface area contributed by atoms with Gasteiger partial charge >= 0.3 is 0 Å². The molecule has 4 aromatic carbocycles. The number of amides is 2. The molecule has 3 heterocycles. The molecule has 0 bridgehead atoms. The van der Waals surface area contributed by atoms with Crippen LogP contribution in [0.2, 0.25) is 0 Å². The maximum atomic E-state index is 14.2. The Hall–Kier alpha value is -5.11. The van der Waals surface area contributed by atoms with Gasteiger partial charge in [0.15, 0.2) is 5.78 Å². The summed E-state index contributed by atoms with van der Waals surface area (Å²) in [5.74, 6) is -2.99. The van der Waals surface area contributed by atoms with Crippen LogP contribution in [0, 0.1) is 28.9 Å². The largest absolute Gasteiger partial charge is 0.352 e. The Morgan fingerprint density at radius 1 is 0.850 bits per heavy atom. The predicted octanol–water partition coefficient (Wildman–Crippen LogP) is 5.33. The van der Waals surface area contributed by atoms with E-state index in [1.165, 1.54) is 18.2 Å². The molecule has 2 saturated heterocycles. The highest BCUT2D eigenvalue weighted by Gasteiger charge is 2.64. The quantitative estimate of drug-likeness (QED) is 0.153. The zero-order valence-electron chi connectivity index (χ0n) is 21.4. The number of rotatable bonds is 4. The first-order valence-electron chi connectivity index (χ1n) is 13.1. The van der Waals surface area contributed by atoms with E-state index in [1.807, 2.05) is 59.5 Å². The molecule has 0 radical (unpaired) electrons. The number of benzene rings is 4. The Bertz CT molecular complexity index is 1800. The fraction of sp³-hybridized carbons (Fsp3) is 0.156. The minimum absolute atomic E-state index is 0.183. The summed E-state index contributed by atoms with van der Waals surface area (Å²) in [4.78, 5) is 56.4. The summed E-state index contributed by atoms with van der Waals surface area (Å²) in [5, 5.41) is 13.6. The molecule has 0 N–H and O–H groups in total. The molecule has 0 unspecified atom stereocenters. The number of hydrogen-bond acceptors (Lipinski definition) is 6. The molecule has 2 fully saturated rings. The molecule has 0 spiro atoms. The second-order valence-corrected chi connectivity index (χ2v) is 10.4. The number of carbonyl (C=O) groups excluding carboxylic acids is 3. The Morgan fingerprint density at radius 3 is 2.35 bits per heavy atom. The highest BCUT2D eigenvalue weighted by atomic mass is 16.6. The third-order valence-electron chi connectivity index (χ3n) is 8.38. The van der Waals surface area contributed by atoms with Gasteiger partial charge in [-0.2, -0.15) is 0 Å². The average Bonchev–Trinajstić information content (AvgIpc) is 3.45. The number of non-ortho nitro benzene ring substituents is 1. The zero-order valence-corrected chi connectivity index (χ0v) is 21.4. The van der Waals surface area contributed by atoms with Gasteiger partial charge in [-0.25, -0.2) is 4.90 Å². The van der Waals surface area contributed by atoms with Crippen LogP contribution in [0.3, 0.4) is 0 Å². The predicted molar refractivity (Wildman–Crippen MR) is 151 cm³/mol. The fourth-order valence-electron chi connectivity index (χ4n) is 6.59. The zero-order chi connectivity index (χ0) is 27.7. The number of hydrogen-bond donors (Lipinski definition) is 0. The van der Waals surface area contributed by atoms with Crippen molar-refractivity contribution >= 4 is 51.5 Å². The van der Waals surface area contributed by atoms with E-state index in [0.29, 0.717) is 11.1 Å². The summed E-state index contributed by atoms with van der Waals surface area (Å²) in [5.41, 5.74) is 2.72. The van der Waals surface area contributed by atoms with E-state index in [-0.39, 0.29) is 17.2 Å². The molecule has 0 aliphatic carbocycles. The Morgan fingerprint density at radius 2 is 1.57 bits per heavy atom. The molecular weight excluding hydrogens is 506 g/mol. The second-order valence-electron chi connectivity index (χ2n) is 10.4. The standard InChI is InChI=1S/C32H23N3O5/c1-18-11-13-21(35(39)40)17-26(18)34-31(37)27-25-16-14-23-22-10-6-5-7-19(22)12-15-24(23)33(25)29(28(27)32(34)38)30(36)20-8-3-2-4-9-20/h2-17,25,27-29H,1H3/t25-,27-,28-,29+/m1/s1. The summed E-state index contributed by atoms with van der Waals surface area (Å²) >= 11 is 0. The molecule has 4 aromatic rings. The van der Waals surface area contributed by atoms with E-state index < -0.39 is 40.7 Å².